The highest BCUT2D eigenvalue weighted by atomic mass is 32.2. The standard InChI is InChI=1S/C12H12N2O2S/c13-7-9-2-1-3-10(14-9)17-8-12(4-5-12)6-11(15)16/h1-3H,4-6,8H2,(H,15,16). The van der Waals surface area contributed by atoms with E-state index in [1.165, 1.54) is 11.8 Å². The fraction of sp³-hybridized carbons (Fsp3) is 0.417. The first-order chi connectivity index (χ1) is 8.13. The van der Waals surface area contributed by atoms with Crippen molar-refractivity contribution in [1.82, 2.24) is 4.98 Å². The topological polar surface area (TPSA) is 74.0 Å². The summed E-state index contributed by atoms with van der Waals surface area (Å²) in [5.41, 5.74) is 0.360. The van der Waals surface area contributed by atoms with Gasteiger partial charge in [0.2, 0.25) is 0 Å². The fourth-order valence-electron chi connectivity index (χ4n) is 1.65. The summed E-state index contributed by atoms with van der Waals surface area (Å²) >= 11 is 1.54. The third kappa shape index (κ3) is 3.21. The number of aromatic nitrogens is 1. The molecule has 0 bridgehead atoms. The van der Waals surface area contributed by atoms with Gasteiger partial charge in [-0.1, -0.05) is 6.07 Å². The Bertz CT molecular complexity index is 478. The maximum atomic E-state index is 10.7. The average molecular weight is 248 g/mol. The van der Waals surface area contributed by atoms with Crippen molar-refractivity contribution >= 4 is 17.7 Å². The Morgan fingerprint density at radius 3 is 2.94 bits per heavy atom. The molecule has 1 aliphatic carbocycles. The molecule has 4 nitrogen and oxygen atoms in total. The molecule has 0 saturated heterocycles. The van der Waals surface area contributed by atoms with Crippen molar-refractivity contribution in [1.29, 1.82) is 5.26 Å². The molecular weight excluding hydrogens is 236 g/mol. The smallest absolute Gasteiger partial charge is 0.303 e. The van der Waals surface area contributed by atoms with E-state index in [0.717, 1.165) is 23.6 Å². The summed E-state index contributed by atoms with van der Waals surface area (Å²) < 4.78 is 0. The van der Waals surface area contributed by atoms with E-state index in [0.29, 0.717) is 5.69 Å². The third-order valence-electron chi connectivity index (χ3n) is 2.85. The lowest BCUT2D eigenvalue weighted by atomic mass is 10.1. The van der Waals surface area contributed by atoms with Crippen molar-refractivity contribution in [2.75, 3.05) is 5.75 Å². The van der Waals surface area contributed by atoms with Gasteiger partial charge in [0, 0.05) is 5.75 Å². The van der Waals surface area contributed by atoms with E-state index < -0.39 is 5.97 Å². The molecule has 1 saturated carbocycles. The summed E-state index contributed by atoms with van der Waals surface area (Å²) in [6, 6.07) is 7.30. The first kappa shape index (κ1) is 11.9. The van der Waals surface area contributed by atoms with Crippen LogP contribution in [0.3, 0.4) is 0 Å². The normalized spacial score (nSPS) is 16.2. The molecule has 5 heteroatoms. The molecule has 1 N–H and O–H groups in total. The van der Waals surface area contributed by atoms with Crippen molar-refractivity contribution < 1.29 is 9.90 Å². The number of pyridine rings is 1. The Labute approximate surface area is 104 Å². The molecule has 0 aromatic carbocycles. The zero-order valence-corrected chi connectivity index (χ0v) is 10.0. The van der Waals surface area contributed by atoms with E-state index in [9.17, 15) is 4.79 Å². The minimum atomic E-state index is -0.734. The Hall–Kier alpha value is -1.54. The zero-order chi connectivity index (χ0) is 12.3. The number of nitrogens with zero attached hydrogens (tertiary/aromatic N) is 2. The second kappa shape index (κ2) is 4.76. The van der Waals surface area contributed by atoms with E-state index in [2.05, 4.69) is 4.98 Å². The van der Waals surface area contributed by atoms with E-state index in [4.69, 9.17) is 10.4 Å². The number of aliphatic carboxylic acids is 1. The lowest BCUT2D eigenvalue weighted by molar-refractivity contribution is -0.138. The highest BCUT2D eigenvalue weighted by Crippen LogP contribution is 2.51. The molecule has 1 heterocycles. The van der Waals surface area contributed by atoms with Gasteiger partial charge >= 0.3 is 5.97 Å². The molecule has 17 heavy (non-hydrogen) atoms. The van der Waals surface area contributed by atoms with E-state index >= 15 is 0 Å². The molecule has 1 fully saturated rings. The first-order valence-corrected chi connectivity index (χ1v) is 6.34. The number of carboxylic acid groups (broad SMARTS) is 1. The fourth-order valence-corrected chi connectivity index (χ4v) is 2.84. The molecule has 0 atom stereocenters. The van der Waals surface area contributed by atoms with Crippen molar-refractivity contribution in [2.24, 2.45) is 5.41 Å². The zero-order valence-electron chi connectivity index (χ0n) is 9.22. The van der Waals surface area contributed by atoms with Gasteiger partial charge in [0.15, 0.2) is 0 Å². The SMILES string of the molecule is N#Cc1cccc(SCC2(CC(=O)O)CC2)n1. The minimum Gasteiger partial charge on any atom is -0.481 e. The number of hydrogen-bond acceptors (Lipinski definition) is 4. The van der Waals surface area contributed by atoms with E-state index in [1.807, 2.05) is 12.1 Å². The van der Waals surface area contributed by atoms with Crippen LogP contribution in [0.25, 0.3) is 0 Å². The Kier molecular flexibility index (Phi) is 3.34. The number of rotatable bonds is 5. The highest BCUT2D eigenvalue weighted by molar-refractivity contribution is 7.99. The summed E-state index contributed by atoms with van der Waals surface area (Å²) in [7, 11) is 0. The van der Waals surface area contributed by atoms with Crippen LogP contribution < -0.4 is 0 Å². The average Bonchev–Trinajstić information content (AvgIpc) is 3.06. The van der Waals surface area contributed by atoms with Crippen molar-refractivity contribution in [3.05, 3.63) is 23.9 Å². The molecule has 2 rings (SSSR count). The van der Waals surface area contributed by atoms with Crippen LogP contribution in [0.5, 0.6) is 0 Å². The van der Waals surface area contributed by atoms with Crippen molar-refractivity contribution in [2.45, 2.75) is 24.3 Å². The van der Waals surface area contributed by atoms with E-state index in [1.54, 1.807) is 12.1 Å². The number of carbonyl (C=O) groups is 1. The molecule has 0 spiro atoms. The van der Waals surface area contributed by atoms with E-state index in [-0.39, 0.29) is 11.8 Å². The number of carboxylic acids is 1. The summed E-state index contributed by atoms with van der Waals surface area (Å²) in [6.45, 7) is 0. The van der Waals surface area contributed by atoms with Gasteiger partial charge in [0.25, 0.3) is 0 Å². The maximum Gasteiger partial charge on any atom is 0.303 e. The van der Waals surface area contributed by atoms with Gasteiger partial charge in [0.05, 0.1) is 11.4 Å². The third-order valence-corrected chi connectivity index (χ3v) is 4.13. The van der Waals surface area contributed by atoms with Crippen LogP contribution in [-0.4, -0.2) is 21.8 Å². The van der Waals surface area contributed by atoms with Crippen LogP contribution >= 0.6 is 11.8 Å². The monoisotopic (exact) mass is 248 g/mol. The van der Waals surface area contributed by atoms with Crippen LogP contribution in [0.15, 0.2) is 23.2 Å². The maximum absolute atomic E-state index is 10.7. The van der Waals surface area contributed by atoms with Gasteiger partial charge in [0.1, 0.15) is 11.8 Å². The van der Waals surface area contributed by atoms with Crippen molar-refractivity contribution in [3.8, 4) is 6.07 Å². The molecule has 0 aliphatic heterocycles. The number of thioether (sulfide) groups is 1. The molecule has 1 aromatic rings. The van der Waals surface area contributed by atoms with Crippen molar-refractivity contribution in [3.63, 3.8) is 0 Å². The largest absolute Gasteiger partial charge is 0.481 e. The van der Waals surface area contributed by atoms with Gasteiger partial charge in [-0.05, 0) is 30.4 Å². The van der Waals surface area contributed by atoms with Gasteiger partial charge < -0.3 is 5.11 Å². The molecule has 0 radical (unpaired) electrons. The Morgan fingerprint density at radius 1 is 1.59 bits per heavy atom. The Morgan fingerprint density at radius 2 is 2.35 bits per heavy atom. The molecular formula is C12H12N2O2S. The lowest BCUT2D eigenvalue weighted by Crippen LogP contribution is -2.11. The number of hydrogen-bond donors (Lipinski definition) is 1. The molecule has 1 aliphatic rings. The second-order valence-corrected chi connectivity index (χ2v) is 5.33. The summed E-state index contributed by atoms with van der Waals surface area (Å²) in [5, 5.41) is 18.3. The summed E-state index contributed by atoms with van der Waals surface area (Å²) in [4.78, 5) is 14.9. The van der Waals surface area contributed by atoms with Crippen LogP contribution in [-0.2, 0) is 4.79 Å². The minimum absolute atomic E-state index is 0.0408. The Balaban J connectivity index is 1.94. The van der Waals surface area contributed by atoms with Gasteiger partial charge in [-0.15, -0.1) is 11.8 Å². The second-order valence-electron chi connectivity index (χ2n) is 4.33. The predicted octanol–water partition coefficient (Wildman–Crippen LogP) is 2.30. The van der Waals surface area contributed by atoms with Gasteiger partial charge in [-0.3, -0.25) is 4.79 Å². The molecule has 0 amide bonds. The summed E-state index contributed by atoms with van der Waals surface area (Å²) in [5.74, 6) is 0.0306. The predicted molar refractivity (Wildman–Crippen MR) is 63.6 cm³/mol. The quantitative estimate of drug-likeness (QED) is 0.809. The van der Waals surface area contributed by atoms with Gasteiger partial charge in [-0.25, -0.2) is 4.98 Å². The first-order valence-electron chi connectivity index (χ1n) is 5.35. The van der Waals surface area contributed by atoms with Crippen LogP contribution in [0.1, 0.15) is 25.0 Å². The van der Waals surface area contributed by atoms with Crippen LogP contribution in [0, 0.1) is 16.7 Å². The molecule has 88 valence electrons. The lowest BCUT2D eigenvalue weighted by Gasteiger charge is -2.10. The van der Waals surface area contributed by atoms with Crippen LogP contribution in [0.4, 0.5) is 0 Å². The molecule has 1 aromatic heterocycles. The highest BCUT2D eigenvalue weighted by Gasteiger charge is 2.44. The van der Waals surface area contributed by atoms with Crippen LogP contribution in [0.2, 0.25) is 0 Å². The summed E-state index contributed by atoms with van der Waals surface area (Å²) in [6.07, 6.45) is 2.19. The number of nitriles is 1. The van der Waals surface area contributed by atoms with Gasteiger partial charge in [-0.2, -0.15) is 5.26 Å². The molecule has 0 unspecified atom stereocenters.